The molecule has 5 saturated heterocycles. The number of rotatable bonds is 28. The number of aliphatic hydroxyl groups excluding tert-OH is 1. The number of hydrogen-bond acceptors (Lipinski definition) is 17. The Kier molecular flexibility index (Phi) is 46.5. The number of carbonyl (C=O) groups excluding carboxylic acids is 4. The molecule has 0 spiro atoms. The van der Waals surface area contributed by atoms with E-state index in [0.717, 1.165) is 5.92 Å². The first-order valence-electron chi connectivity index (χ1n) is 41.0. The van der Waals surface area contributed by atoms with Gasteiger partial charge in [-0.2, -0.15) is 0 Å². The number of carbonyl (C=O) groups is 5. The summed E-state index contributed by atoms with van der Waals surface area (Å²) in [6.07, 6.45) is 17.3. The third-order valence-corrected chi connectivity index (χ3v) is 44.0. The second-order valence-corrected chi connectivity index (χ2v) is 60.3. The van der Waals surface area contributed by atoms with E-state index in [1.807, 2.05) is 20.8 Å². The van der Waals surface area contributed by atoms with Crippen LogP contribution < -0.4 is 0 Å². The van der Waals surface area contributed by atoms with E-state index in [1.165, 1.54) is 7.11 Å². The van der Waals surface area contributed by atoms with Crippen LogP contribution in [0.5, 0.6) is 0 Å². The van der Waals surface area contributed by atoms with Crippen LogP contribution in [0.15, 0.2) is 12.3 Å². The number of aliphatic carboxylic acids is 1. The number of hydrogen-bond donors (Lipinski definition) is 2. The largest absolute Gasteiger partial charge is 0.481 e. The van der Waals surface area contributed by atoms with Crippen molar-refractivity contribution < 1.29 is 81.1 Å². The maximum atomic E-state index is 12.3. The molecule has 114 heavy (non-hydrogen) atoms. The van der Waals surface area contributed by atoms with E-state index in [0.29, 0.717) is 31.8 Å². The molecule has 17 atom stereocenters. The number of alkyl halides is 2. The molecule has 5 heterocycles. The Hall–Kier alpha value is -1.53. The standard InChI is InChI=1S/C24H48N2O3P2.C20H37O5P.C19H35O5P.C15H31O2P.C5H6O2.C4H10.CH2Cl2/c1-17(2)26(18(3)4)30(27-16-15-25-11)29-21-19(5)20(6)28-22(21)23(7,8)24(9,10)31(12,13)14;1-13-14(2)24-18(19(3,4)20(5,6)26(8,9)10)17(13)25-16(22)12-11-15(21)23-7;1-12-13(2)23-17(16(12)24-15(22)11-10-14(20)21)18(3,4)19(5,6)25(7,8)9;1-10-11(2)17-13(12(10)16)14(3,4)15(5,6)18(7,8)9;1-4-2-3-5(6)7-4;1-4(2)3;2-1-3/h17-22H,12,15-16H2,1-10,13-14H3;13-14,17-18H,8,11-12H2,1-7,9-10H3;12-13,16-17H,7,10-11H2,1-6,8-9H3,(H,20,21);10-13,16H,7H2,1-6,8-9H3;1-3H2;4H,1-3H3;1H2/t19-,20-,21-,22?,30?;13-,14-,17-,18?;12-,13-,16-,17?;10-,11-,12-,13?;;;/m0000.../s1. The van der Waals surface area contributed by atoms with E-state index in [4.69, 9.17) is 72.3 Å². The Labute approximate surface area is 708 Å². The molecular formula is C88H169Cl2N2O17P5. The zero-order valence-electron chi connectivity index (χ0n) is 79.3. The van der Waals surface area contributed by atoms with Gasteiger partial charge in [-0.15, -0.1) is 75.9 Å². The van der Waals surface area contributed by atoms with Crippen LogP contribution in [0.1, 0.15) is 253 Å². The molecule has 0 saturated carbocycles. The summed E-state index contributed by atoms with van der Waals surface area (Å²) in [5.74, 6) is -0.376. The first-order valence-corrected chi connectivity index (χ1v) is 54.7. The van der Waals surface area contributed by atoms with Crippen molar-refractivity contribution in [3.63, 3.8) is 0 Å². The molecule has 5 aliphatic heterocycles. The van der Waals surface area contributed by atoms with Gasteiger partial charge in [-0.25, -0.2) is 11.2 Å². The minimum Gasteiger partial charge on any atom is -0.481 e. The van der Waals surface area contributed by atoms with Crippen molar-refractivity contribution in [2.24, 2.45) is 51.2 Å². The average Bonchev–Trinajstić information content (AvgIpc) is 1.47. The molecule has 2 N–H and O–H groups in total. The summed E-state index contributed by atoms with van der Waals surface area (Å²) in [6.45, 7) is 91.4. The fourth-order valence-corrected chi connectivity index (χ4v) is 22.6. The van der Waals surface area contributed by atoms with Crippen molar-refractivity contribution in [2.75, 3.05) is 78.9 Å². The van der Waals surface area contributed by atoms with Crippen molar-refractivity contribution in [1.82, 2.24) is 4.67 Å². The second kappa shape index (κ2) is 46.3. The minimum atomic E-state index is -1.47. The molecule has 5 fully saturated rings. The number of allylic oxidation sites excluding steroid dienone is 1. The number of nitrogens with zero attached hydrogens (tertiary/aromatic N) is 2. The van der Waals surface area contributed by atoms with E-state index in [9.17, 15) is 29.1 Å². The molecule has 0 amide bonds. The van der Waals surface area contributed by atoms with Crippen LogP contribution in [0, 0.1) is 57.8 Å². The summed E-state index contributed by atoms with van der Waals surface area (Å²) in [5.41, 5.74) is -0.723. The number of cyclic esters (lactones) is 1. The highest BCUT2D eigenvalue weighted by atomic mass is 35.5. The molecule has 0 bridgehead atoms. The van der Waals surface area contributed by atoms with Crippen LogP contribution in [0.3, 0.4) is 0 Å². The van der Waals surface area contributed by atoms with Crippen LogP contribution in [0.2, 0.25) is 0 Å². The lowest BCUT2D eigenvalue weighted by Gasteiger charge is -2.52. The number of halogens is 2. The predicted octanol–water partition coefficient (Wildman–Crippen LogP) is 21.3. The van der Waals surface area contributed by atoms with Gasteiger partial charge < -0.3 is 62.0 Å². The van der Waals surface area contributed by atoms with E-state index in [2.05, 4.69) is 298 Å². The van der Waals surface area contributed by atoms with Gasteiger partial charge in [-0.1, -0.05) is 166 Å². The molecule has 672 valence electrons. The Morgan fingerprint density at radius 3 is 1.05 bits per heavy atom. The SMILES string of the molecule is C=C1CCC(=O)O1.C=P(C)(C)C(C)(C)C(C)(C)C1O[C@@H](C)[C@H](C)[C@@H]1O.C=P(C)(C)C(C)(C)C(C)(C)C1O[C@@H](C)[C@H](C)[C@@H]1OC(=O)CCC(=O)O.C=P(C)(C)C(C)(C)C(C)(C)C1O[C@@H](C)[C@H](C)[C@@H]1OC(=O)CCC(=O)OC.CC(C)C.ClCCl.[C-]#[N+]CCOP(O[C@@H]1C(C(C)(C)C(C)(C)P(=C)(C)C)O[C@@H](C)[C@@H]1C)N(C(C)C)C(C)C. The number of carboxylic acid groups (broad SMARTS) is 1. The average molecular weight is 1750 g/mol. The van der Waals surface area contributed by atoms with Crippen molar-refractivity contribution in [1.29, 1.82) is 0 Å². The van der Waals surface area contributed by atoms with E-state index >= 15 is 0 Å². The number of carboxylic acids is 1. The molecule has 0 aliphatic carbocycles. The monoisotopic (exact) mass is 1750 g/mol. The molecule has 0 radical (unpaired) electrons. The maximum Gasteiger partial charge on any atom is 0.311 e. The lowest BCUT2D eigenvalue weighted by molar-refractivity contribution is -0.160. The minimum absolute atomic E-state index is 0.000238. The van der Waals surface area contributed by atoms with Crippen LogP contribution in [0.4, 0.5) is 0 Å². The van der Waals surface area contributed by atoms with Gasteiger partial charge in [0, 0.05) is 63.8 Å². The van der Waals surface area contributed by atoms with Gasteiger partial charge in [0.15, 0.2) is 0 Å². The molecule has 5 unspecified atom stereocenters. The van der Waals surface area contributed by atoms with Gasteiger partial charge in [0.2, 0.25) is 6.54 Å². The maximum absolute atomic E-state index is 12.3. The number of ether oxygens (including phenoxy) is 8. The first kappa shape index (κ1) is 115. The first-order chi connectivity index (χ1) is 51.1. The summed E-state index contributed by atoms with van der Waals surface area (Å²) >= 11 is 9.53. The van der Waals surface area contributed by atoms with E-state index in [1.54, 1.807) is 0 Å². The molecule has 26 heteroatoms. The lowest BCUT2D eigenvalue weighted by Crippen LogP contribution is -2.52. The van der Waals surface area contributed by atoms with Crippen molar-refractivity contribution in [2.45, 2.75) is 359 Å². The highest BCUT2D eigenvalue weighted by Gasteiger charge is 2.60. The fraction of sp³-hybridized carbons (Fsp3) is 0.864. The van der Waals surface area contributed by atoms with Crippen molar-refractivity contribution >= 4 is 114 Å². The van der Waals surface area contributed by atoms with Gasteiger partial charge in [-0.3, -0.25) is 24.0 Å². The molecular weight excluding hydrogens is 1580 g/mol. The number of aliphatic hydroxyl groups is 1. The molecule has 5 rings (SSSR count). The Bertz CT molecular complexity index is 3260. The second-order valence-electron chi connectivity index (χ2n) is 40.2. The summed E-state index contributed by atoms with van der Waals surface area (Å²) < 4.78 is 61.3. The van der Waals surface area contributed by atoms with Crippen LogP contribution in [0.25, 0.3) is 4.85 Å². The highest BCUT2D eigenvalue weighted by Crippen LogP contribution is 2.66. The zero-order chi connectivity index (χ0) is 90.7. The van der Waals surface area contributed by atoms with Gasteiger partial charge in [0.25, 0.3) is 8.53 Å². The van der Waals surface area contributed by atoms with Gasteiger partial charge in [0.1, 0.15) is 36.8 Å². The zero-order valence-corrected chi connectivity index (χ0v) is 85.3. The number of methoxy groups -OCH3 is 1. The summed E-state index contributed by atoms with van der Waals surface area (Å²) in [4.78, 5) is 60.0. The quantitative estimate of drug-likeness (QED) is 0.0185. The van der Waals surface area contributed by atoms with Crippen molar-refractivity contribution in [3.05, 3.63) is 23.8 Å². The van der Waals surface area contributed by atoms with Crippen LogP contribution in [-0.2, 0) is 70.9 Å². The molecule has 5 aliphatic rings. The van der Waals surface area contributed by atoms with Crippen LogP contribution >= 0.6 is 59.3 Å². The summed E-state index contributed by atoms with van der Waals surface area (Å²) in [5, 5.41) is 19.3. The van der Waals surface area contributed by atoms with E-state index in [-0.39, 0.29) is 194 Å². The topological polar surface area (TPSA) is 226 Å². The highest BCUT2D eigenvalue weighted by molar-refractivity contribution is 7.74. The molecule has 0 aromatic carbocycles. The van der Waals surface area contributed by atoms with Crippen molar-refractivity contribution in [3.8, 4) is 0 Å². The van der Waals surface area contributed by atoms with Gasteiger partial charge in [0.05, 0.1) is 93.4 Å². The lowest BCUT2D eigenvalue weighted by atomic mass is 9.72. The summed E-state index contributed by atoms with van der Waals surface area (Å²) in [6, 6.07) is 0.559. The van der Waals surface area contributed by atoms with Crippen LogP contribution in [-0.4, -0.2) is 255 Å². The van der Waals surface area contributed by atoms with Gasteiger partial charge in [-0.05, 0) is 135 Å². The fourth-order valence-electron chi connectivity index (χ4n) is 14.1. The van der Waals surface area contributed by atoms with E-state index < -0.39 is 54.0 Å². The molecule has 19 nitrogen and oxygen atoms in total. The normalized spacial score (nSPS) is 26.8. The molecule has 0 aromatic rings. The molecule has 0 aromatic heterocycles. The summed E-state index contributed by atoms with van der Waals surface area (Å²) in [7, 11) is 0.00643. The third-order valence-electron chi connectivity index (χ3n) is 27.5. The predicted molar refractivity (Wildman–Crippen MR) is 496 cm³/mol. The van der Waals surface area contributed by atoms with Gasteiger partial charge >= 0.3 is 29.8 Å². The number of esters is 4. The third kappa shape index (κ3) is 30.5. The Morgan fingerprint density at radius 2 is 0.807 bits per heavy atom. The smallest absolute Gasteiger partial charge is 0.311 e. The Balaban J connectivity index is 0. The Morgan fingerprint density at radius 1 is 0.526 bits per heavy atom.